The van der Waals surface area contributed by atoms with E-state index in [4.69, 9.17) is 4.74 Å². The number of nitrogens with one attached hydrogen (secondary N) is 1. The van der Waals surface area contributed by atoms with Gasteiger partial charge < -0.3 is 10.1 Å². The zero-order valence-corrected chi connectivity index (χ0v) is 12.1. The van der Waals surface area contributed by atoms with E-state index in [1.807, 2.05) is 19.1 Å². The third-order valence-corrected chi connectivity index (χ3v) is 3.12. The van der Waals surface area contributed by atoms with Gasteiger partial charge in [0.15, 0.2) is 0 Å². The first-order chi connectivity index (χ1) is 9.19. The van der Waals surface area contributed by atoms with Crippen LogP contribution in [0.5, 0.6) is 5.75 Å². The highest BCUT2D eigenvalue weighted by Gasteiger charge is 2.04. The fourth-order valence-corrected chi connectivity index (χ4v) is 1.97. The molecule has 2 aromatic rings. The predicted octanol–water partition coefficient (Wildman–Crippen LogP) is 3.99. The van der Waals surface area contributed by atoms with Crippen molar-refractivity contribution in [3.05, 3.63) is 52.5 Å². The highest BCUT2D eigenvalue weighted by Crippen LogP contribution is 2.26. The Kier molecular flexibility index (Phi) is 4.74. The Morgan fingerprint density at radius 2 is 2.16 bits per heavy atom. The highest BCUT2D eigenvalue weighted by molar-refractivity contribution is 9.10. The predicted molar refractivity (Wildman–Crippen MR) is 76.8 cm³/mol. The molecule has 0 aliphatic heterocycles. The number of hydrogen-bond donors (Lipinski definition) is 1. The molecule has 3 nitrogen and oxygen atoms in total. The first-order valence-electron chi connectivity index (χ1n) is 5.95. The van der Waals surface area contributed by atoms with E-state index in [1.54, 1.807) is 12.3 Å². The number of pyridine rings is 1. The standard InChI is InChI=1S/C14H14BrFN2O/c1-2-17-11-5-6-18-12(8-11)9-19-14-7-10(16)3-4-13(14)15/h3-8H,2,9H2,1H3,(H,17,18). The summed E-state index contributed by atoms with van der Waals surface area (Å²) in [5, 5.41) is 3.20. The molecule has 0 saturated carbocycles. The first-order valence-corrected chi connectivity index (χ1v) is 6.75. The van der Waals surface area contributed by atoms with Crippen LogP contribution in [0.3, 0.4) is 0 Å². The molecule has 0 aliphatic rings. The van der Waals surface area contributed by atoms with E-state index in [0.29, 0.717) is 12.4 Å². The van der Waals surface area contributed by atoms with Crippen LogP contribution < -0.4 is 10.1 Å². The Labute approximate surface area is 119 Å². The van der Waals surface area contributed by atoms with Crippen LogP contribution in [0.15, 0.2) is 41.0 Å². The SMILES string of the molecule is CCNc1ccnc(COc2cc(F)ccc2Br)c1. The molecule has 2 rings (SSSR count). The van der Waals surface area contributed by atoms with Crippen molar-refractivity contribution in [2.75, 3.05) is 11.9 Å². The first kappa shape index (κ1) is 13.8. The van der Waals surface area contributed by atoms with Crippen LogP contribution in [0.25, 0.3) is 0 Å². The molecule has 0 radical (unpaired) electrons. The average Bonchev–Trinajstić information content (AvgIpc) is 2.41. The van der Waals surface area contributed by atoms with E-state index in [9.17, 15) is 4.39 Å². The van der Waals surface area contributed by atoms with E-state index >= 15 is 0 Å². The number of anilines is 1. The topological polar surface area (TPSA) is 34.2 Å². The van der Waals surface area contributed by atoms with Gasteiger partial charge in [-0.25, -0.2) is 4.39 Å². The fourth-order valence-electron chi connectivity index (χ4n) is 1.61. The molecule has 0 bridgehead atoms. The Balaban J connectivity index is 2.05. The van der Waals surface area contributed by atoms with Gasteiger partial charge in [-0.05, 0) is 47.1 Å². The van der Waals surface area contributed by atoms with E-state index < -0.39 is 0 Å². The van der Waals surface area contributed by atoms with E-state index in [0.717, 1.165) is 22.4 Å². The van der Waals surface area contributed by atoms with E-state index in [1.165, 1.54) is 12.1 Å². The largest absolute Gasteiger partial charge is 0.486 e. The van der Waals surface area contributed by atoms with Crippen molar-refractivity contribution >= 4 is 21.6 Å². The van der Waals surface area contributed by atoms with Crippen molar-refractivity contribution in [3.8, 4) is 5.75 Å². The Morgan fingerprint density at radius 1 is 1.32 bits per heavy atom. The zero-order valence-electron chi connectivity index (χ0n) is 10.5. The van der Waals surface area contributed by atoms with Crippen molar-refractivity contribution in [1.82, 2.24) is 4.98 Å². The van der Waals surface area contributed by atoms with Crippen LogP contribution in [0, 0.1) is 5.82 Å². The minimum absolute atomic E-state index is 0.293. The summed E-state index contributed by atoms with van der Waals surface area (Å²) in [6.45, 7) is 3.17. The second-order valence-corrected chi connectivity index (χ2v) is 4.78. The lowest BCUT2D eigenvalue weighted by Crippen LogP contribution is -2.02. The molecule has 1 aromatic heterocycles. The summed E-state index contributed by atoms with van der Waals surface area (Å²) in [6, 6.07) is 8.15. The van der Waals surface area contributed by atoms with Crippen molar-refractivity contribution in [3.63, 3.8) is 0 Å². The minimum Gasteiger partial charge on any atom is -0.486 e. The summed E-state index contributed by atoms with van der Waals surface area (Å²) in [4.78, 5) is 4.21. The summed E-state index contributed by atoms with van der Waals surface area (Å²) in [5.74, 6) is 0.142. The quantitative estimate of drug-likeness (QED) is 0.902. The smallest absolute Gasteiger partial charge is 0.136 e. The Hall–Kier alpha value is -1.62. The molecule has 5 heteroatoms. The molecule has 0 atom stereocenters. The molecule has 1 aromatic carbocycles. The third-order valence-electron chi connectivity index (χ3n) is 2.47. The van der Waals surface area contributed by atoms with Gasteiger partial charge in [-0.1, -0.05) is 0 Å². The van der Waals surface area contributed by atoms with Crippen LogP contribution in [-0.4, -0.2) is 11.5 Å². The van der Waals surface area contributed by atoms with E-state index in [2.05, 4.69) is 26.2 Å². The number of ether oxygens (including phenoxy) is 1. The third kappa shape index (κ3) is 3.92. The maximum absolute atomic E-state index is 13.1. The number of rotatable bonds is 5. The van der Waals surface area contributed by atoms with Crippen molar-refractivity contribution in [1.29, 1.82) is 0 Å². The monoisotopic (exact) mass is 324 g/mol. The van der Waals surface area contributed by atoms with Crippen LogP contribution in [0.1, 0.15) is 12.6 Å². The van der Waals surface area contributed by atoms with Gasteiger partial charge in [-0.2, -0.15) is 0 Å². The van der Waals surface area contributed by atoms with Crippen molar-refractivity contribution in [2.24, 2.45) is 0 Å². The van der Waals surface area contributed by atoms with Gasteiger partial charge in [0.1, 0.15) is 18.2 Å². The van der Waals surface area contributed by atoms with Crippen molar-refractivity contribution in [2.45, 2.75) is 13.5 Å². The molecule has 1 heterocycles. The van der Waals surface area contributed by atoms with Crippen LogP contribution in [0.2, 0.25) is 0 Å². The van der Waals surface area contributed by atoms with Crippen molar-refractivity contribution < 1.29 is 9.13 Å². The molecule has 0 amide bonds. The summed E-state index contributed by atoms with van der Waals surface area (Å²) >= 11 is 3.32. The molecule has 0 aliphatic carbocycles. The molecule has 19 heavy (non-hydrogen) atoms. The molecule has 0 unspecified atom stereocenters. The number of halogens is 2. The van der Waals surface area contributed by atoms with Gasteiger partial charge >= 0.3 is 0 Å². The second-order valence-electron chi connectivity index (χ2n) is 3.93. The molecule has 1 N–H and O–H groups in total. The molecule has 100 valence electrons. The molecule has 0 fully saturated rings. The second kappa shape index (κ2) is 6.52. The summed E-state index contributed by atoms with van der Waals surface area (Å²) in [6.07, 6.45) is 1.72. The van der Waals surface area contributed by atoms with Gasteiger partial charge in [0.25, 0.3) is 0 Å². The Morgan fingerprint density at radius 3 is 2.95 bits per heavy atom. The van der Waals surface area contributed by atoms with Gasteiger partial charge in [0, 0.05) is 24.5 Å². The molecular weight excluding hydrogens is 311 g/mol. The summed E-state index contributed by atoms with van der Waals surface area (Å²) < 4.78 is 19.4. The van der Waals surface area contributed by atoms with Gasteiger partial charge in [-0.3, -0.25) is 4.98 Å². The lowest BCUT2D eigenvalue weighted by atomic mass is 10.3. The van der Waals surface area contributed by atoms with Crippen LogP contribution in [0.4, 0.5) is 10.1 Å². The zero-order chi connectivity index (χ0) is 13.7. The number of benzene rings is 1. The number of aromatic nitrogens is 1. The highest BCUT2D eigenvalue weighted by atomic mass is 79.9. The average molecular weight is 325 g/mol. The minimum atomic E-state index is -0.326. The number of nitrogens with zero attached hydrogens (tertiary/aromatic N) is 1. The lowest BCUT2D eigenvalue weighted by molar-refractivity contribution is 0.298. The lowest BCUT2D eigenvalue weighted by Gasteiger charge is -2.09. The van der Waals surface area contributed by atoms with Crippen LogP contribution in [-0.2, 0) is 6.61 Å². The maximum Gasteiger partial charge on any atom is 0.136 e. The normalized spacial score (nSPS) is 10.3. The summed E-state index contributed by atoms with van der Waals surface area (Å²) in [5.41, 5.74) is 1.78. The summed E-state index contributed by atoms with van der Waals surface area (Å²) in [7, 11) is 0. The fraction of sp³-hybridized carbons (Fsp3) is 0.214. The van der Waals surface area contributed by atoms with E-state index in [-0.39, 0.29) is 5.82 Å². The molecule has 0 spiro atoms. The van der Waals surface area contributed by atoms with Gasteiger partial charge in [-0.15, -0.1) is 0 Å². The van der Waals surface area contributed by atoms with Gasteiger partial charge in [0.2, 0.25) is 0 Å². The number of hydrogen-bond acceptors (Lipinski definition) is 3. The molecule has 0 saturated heterocycles. The molecular formula is C14H14BrFN2O. The Bertz CT molecular complexity index is 563. The van der Waals surface area contributed by atoms with Gasteiger partial charge in [0.05, 0.1) is 10.2 Å². The maximum atomic E-state index is 13.1. The van der Waals surface area contributed by atoms with Crippen LogP contribution >= 0.6 is 15.9 Å².